The van der Waals surface area contributed by atoms with E-state index in [1.54, 1.807) is 24.4 Å². The highest BCUT2D eigenvalue weighted by molar-refractivity contribution is 6.04. The number of phenols is 1. The monoisotopic (exact) mass is 362 g/mol. The molecule has 2 N–H and O–H groups in total. The van der Waals surface area contributed by atoms with Crippen molar-refractivity contribution < 1.29 is 9.84 Å². The van der Waals surface area contributed by atoms with Crippen LogP contribution in [0, 0.1) is 0 Å². The van der Waals surface area contributed by atoms with Gasteiger partial charge in [0.1, 0.15) is 5.52 Å². The molecule has 0 aliphatic heterocycles. The lowest BCUT2D eigenvalue weighted by Crippen LogP contribution is -2.02. The van der Waals surface area contributed by atoms with Gasteiger partial charge in [0.25, 0.3) is 5.95 Å². The maximum Gasteiger partial charge on any atom is 0.265 e. The first-order valence-electron chi connectivity index (χ1n) is 8.49. The fourth-order valence-corrected chi connectivity index (χ4v) is 3.02. The van der Waals surface area contributed by atoms with Crippen LogP contribution >= 0.6 is 0 Å². The Morgan fingerprint density at radius 3 is 2.85 bits per heavy atom. The Morgan fingerprint density at radius 2 is 2.07 bits per heavy atom. The molecule has 27 heavy (non-hydrogen) atoms. The molecule has 0 saturated heterocycles. The van der Waals surface area contributed by atoms with E-state index in [0.717, 1.165) is 28.6 Å². The summed E-state index contributed by atoms with van der Waals surface area (Å²) in [4.78, 5) is 4.55. The van der Waals surface area contributed by atoms with Crippen LogP contribution in [0.5, 0.6) is 11.5 Å². The second-order valence-electron chi connectivity index (χ2n) is 5.87. The number of phenolic OH excluding ortho intramolecular Hbond substituents is 1. The van der Waals surface area contributed by atoms with Crippen LogP contribution in [-0.4, -0.2) is 38.2 Å². The molecule has 8 heteroatoms. The molecule has 0 fully saturated rings. The molecule has 0 aliphatic carbocycles. The smallest absolute Gasteiger partial charge is 0.265 e. The summed E-state index contributed by atoms with van der Waals surface area (Å²) in [6.45, 7) is 2.84. The van der Waals surface area contributed by atoms with Gasteiger partial charge in [-0.3, -0.25) is 0 Å². The maximum atomic E-state index is 9.81. The number of fused-ring (bicyclic) bond motifs is 3. The average Bonchev–Trinajstić information content (AvgIpc) is 3.01. The van der Waals surface area contributed by atoms with Crippen molar-refractivity contribution in [2.24, 2.45) is 5.10 Å². The van der Waals surface area contributed by atoms with Crippen molar-refractivity contribution in [1.29, 1.82) is 0 Å². The summed E-state index contributed by atoms with van der Waals surface area (Å²) in [6, 6.07) is 13.0. The second-order valence-corrected chi connectivity index (χ2v) is 5.87. The Labute approximate surface area is 155 Å². The van der Waals surface area contributed by atoms with Crippen molar-refractivity contribution in [2.75, 3.05) is 12.5 Å². The van der Waals surface area contributed by atoms with Gasteiger partial charge < -0.3 is 14.4 Å². The normalized spacial score (nSPS) is 11.5. The molecule has 2 aromatic heterocycles. The molecule has 4 aromatic rings. The standard InChI is InChI=1S/C19H18N6O2/c1-3-25-14-7-5-4-6-13(14)17-18(25)21-19(24-22-17)23-20-11-12-8-9-16(27-2)15(26)10-12/h4-11,26H,3H2,1-2H3,(H,21,23,24)/b20-11+. The molecule has 8 nitrogen and oxygen atoms in total. The number of hydrazone groups is 1. The average molecular weight is 362 g/mol. The third kappa shape index (κ3) is 3.01. The molecule has 0 atom stereocenters. The number of para-hydroxylation sites is 1. The second kappa shape index (κ2) is 6.91. The number of hydrogen-bond donors (Lipinski definition) is 2. The minimum absolute atomic E-state index is 0.0493. The number of nitrogens with zero attached hydrogens (tertiary/aromatic N) is 5. The predicted octanol–water partition coefficient (Wildman–Crippen LogP) is 3.16. The van der Waals surface area contributed by atoms with Gasteiger partial charge in [-0.25, -0.2) is 5.43 Å². The van der Waals surface area contributed by atoms with Crippen molar-refractivity contribution >= 4 is 34.2 Å². The van der Waals surface area contributed by atoms with E-state index < -0.39 is 0 Å². The van der Waals surface area contributed by atoms with Crippen LogP contribution in [-0.2, 0) is 6.54 Å². The number of benzene rings is 2. The van der Waals surface area contributed by atoms with Gasteiger partial charge in [0.2, 0.25) is 0 Å². The zero-order valence-corrected chi connectivity index (χ0v) is 14.9. The van der Waals surface area contributed by atoms with Crippen LogP contribution in [0.1, 0.15) is 12.5 Å². The Hall–Kier alpha value is -3.68. The molecule has 136 valence electrons. The quantitative estimate of drug-likeness (QED) is 0.418. The number of rotatable bonds is 5. The number of anilines is 1. The third-order valence-corrected chi connectivity index (χ3v) is 4.27. The fourth-order valence-electron chi connectivity index (χ4n) is 3.02. The van der Waals surface area contributed by atoms with Gasteiger partial charge in [-0.05, 0) is 36.8 Å². The highest BCUT2D eigenvalue weighted by atomic mass is 16.5. The van der Waals surface area contributed by atoms with E-state index in [4.69, 9.17) is 4.74 Å². The summed E-state index contributed by atoms with van der Waals surface area (Å²) in [6.07, 6.45) is 1.56. The van der Waals surface area contributed by atoms with E-state index in [2.05, 4.69) is 37.2 Å². The van der Waals surface area contributed by atoms with Gasteiger partial charge >= 0.3 is 0 Å². The van der Waals surface area contributed by atoms with Crippen molar-refractivity contribution in [3.63, 3.8) is 0 Å². The molecule has 2 aromatic carbocycles. The summed E-state index contributed by atoms with van der Waals surface area (Å²) in [7, 11) is 1.50. The Kier molecular flexibility index (Phi) is 4.29. The number of aromatic nitrogens is 4. The number of hydrogen-bond acceptors (Lipinski definition) is 7. The zero-order valence-electron chi connectivity index (χ0n) is 14.9. The summed E-state index contributed by atoms with van der Waals surface area (Å²) in [5.41, 5.74) is 6.09. The van der Waals surface area contributed by atoms with E-state index in [9.17, 15) is 5.11 Å². The minimum atomic E-state index is 0.0493. The Morgan fingerprint density at radius 1 is 1.22 bits per heavy atom. The van der Waals surface area contributed by atoms with Crippen molar-refractivity contribution in [3.05, 3.63) is 48.0 Å². The van der Waals surface area contributed by atoms with Crippen LogP contribution in [0.25, 0.3) is 22.1 Å². The highest BCUT2D eigenvalue weighted by Crippen LogP contribution is 2.26. The summed E-state index contributed by atoms with van der Waals surface area (Å²) < 4.78 is 7.11. The molecule has 0 bridgehead atoms. The first-order valence-corrected chi connectivity index (χ1v) is 8.49. The van der Waals surface area contributed by atoms with E-state index in [1.165, 1.54) is 7.11 Å². The van der Waals surface area contributed by atoms with Crippen molar-refractivity contribution in [3.8, 4) is 11.5 Å². The Balaban J connectivity index is 1.63. The van der Waals surface area contributed by atoms with Gasteiger partial charge in [0.15, 0.2) is 17.1 Å². The number of ether oxygens (including phenoxy) is 1. The van der Waals surface area contributed by atoms with Gasteiger partial charge in [0, 0.05) is 11.9 Å². The molecular weight excluding hydrogens is 344 g/mol. The van der Waals surface area contributed by atoms with Gasteiger partial charge in [-0.2, -0.15) is 10.1 Å². The van der Waals surface area contributed by atoms with E-state index in [1.807, 2.05) is 24.3 Å². The number of aryl methyl sites for hydroxylation is 1. The molecule has 0 aliphatic rings. The number of aromatic hydroxyl groups is 1. The van der Waals surface area contributed by atoms with Crippen LogP contribution < -0.4 is 10.2 Å². The molecule has 0 radical (unpaired) electrons. The van der Waals surface area contributed by atoms with Gasteiger partial charge in [0.05, 0.1) is 18.8 Å². The zero-order chi connectivity index (χ0) is 18.8. The first-order chi connectivity index (χ1) is 13.2. The van der Waals surface area contributed by atoms with Crippen LogP contribution in [0.2, 0.25) is 0 Å². The van der Waals surface area contributed by atoms with E-state index in [0.29, 0.717) is 17.3 Å². The lowest BCUT2D eigenvalue weighted by molar-refractivity contribution is 0.373. The van der Waals surface area contributed by atoms with Crippen LogP contribution in [0.4, 0.5) is 5.95 Å². The third-order valence-electron chi connectivity index (χ3n) is 4.27. The lowest BCUT2D eigenvalue weighted by Gasteiger charge is -2.03. The molecule has 0 saturated carbocycles. The molecule has 0 spiro atoms. The maximum absolute atomic E-state index is 9.81. The number of methoxy groups -OCH3 is 1. The predicted molar refractivity (Wildman–Crippen MR) is 104 cm³/mol. The van der Waals surface area contributed by atoms with Gasteiger partial charge in [-0.15, -0.1) is 10.2 Å². The molecule has 2 heterocycles. The van der Waals surface area contributed by atoms with Crippen molar-refractivity contribution in [1.82, 2.24) is 19.7 Å². The molecule has 0 unspecified atom stereocenters. The minimum Gasteiger partial charge on any atom is -0.504 e. The lowest BCUT2D eigenvalue weighted by atomic mass is 10.2. The van der Waals surface area contributed by atoms with Crippen molar-refractivity contribution in [2.45, 2.75) is 13.5 Å². The molecule has 4 rings (SSSR count). The fraction of sp³-hybridized carbons (Fsp3) is 0.158. The number of nitrogens with one attached hydrogen (secondary N) is 1. The Bertz CT molecular complexity index is 1150. The highest BCUT2D eigenvalue weighted by Gasteiger charge is 2.13. The SMILES string of the molecule is CCn1c2ccccc2c2nnc(N/N=C/c3ccc(OC)c(O)c3)nc21. The summed E-state index contributed by atoms with van der Waals surface area (Å²) >= 11 is 0. The topological polar surface area (TPSA) is 97.5 Å². The largest absolute Gasteiger partial charge is 0.504 e. The first kappa shape index (κ1) is 16.8. The molecular formula is C19H18N6O2. The van der Waals surface area contributed by atoms with Crippen LogP contribution in [0.3, 0.4) is 0 Å². The summed E-state index contributed by atoms with van der Waals surface area (Å²) in [5.74, 6) is 0.757. The molecule has 0 amide bonds. The summed E-state index contributed by atoms with van der Waals surface area (Å²) in [5, 5.41) is 23.4. The van der Waals surface area contributed by atoms with E-state index >= 15 is 0 Å². The van der Waals surface area contributed by atoms with E-state index in [-0.39, 0.29) is 5.75 Å². The van der Waals surface area contributed by atoms with Gasteiger partial charge in [-0.1, -0.05) is 18.2 Å². The van der Waals surface area contributed by atoms with Crippen LogP contribution in [0.15, 0.2) is 47.6 Å².